The summed E-state index contributed by atoms with van der Waals surface area (Å²) in [6.07, 6.45) is 13.5. The van der Waals surface area contributed by atoms with Crippen molar-refractivity contribution in [2.75, 3.05) is 0 Å². The second-order valence-electron chi connectivity index (χ2n) is 5.91. The van der Waals surface area contributed by atoms with Gasteiger partial charge in [0, 0.05) is 0 Å². The summed E-state index contributed by atoms with van der Waals surface area (Å²) in [4.78, 5) is 10.6. The van der Waals surface area contributed by atoms with E-state index in [0.29, 0.717) is 0 Å². The quantitative estimate of drug-likeness (QED) is 0.252. The zero-order chi connectivity index (χ0) is 14.8. The molecule has 20 heavy (non-hydrogen) atoms. The lowest BCUT2D eigenvalue weighted by atomic mass is 10.00. The molecule has 0 aromatic heterocycles. The summed E-state index contributed by atoms with van der Waals surface area (Å²) in [6, 6.07) is 0. The van der Waals surface area contributed by atoms with Gasteiger partial charge in [-0.05, 0) is 18.0 Å². The fourth-order valence-electron chi connectivity index (χ4n) is 2.55. The van der Waals surface area contributed by atoms with Gasteiger partial charge in [0.15, 0.2) is 0 Å². The molecular formula is C16H29ClO3. The number of halogens is 1. The maximum atomic E-state index is 10.6. The van der Waals surface area contributed by atoms with Crippen molar-refractivity contribution in [2.45, 2.75) is 89.7 Å². The van der Waals surface area contributed by atoms with Gasteiger partial charge in [-0.3, -0.25) is 0 Å². The van der Waals surface area contributed by atoms with E-state index in [4.69, 9.17) is 21.1 Å². The average molecular weight is 305 g/mol. The minimum atomic E-state index is -1.18. The van der Waals surface area contributed by atoms with Crippen LogP contribution in [0.3, 0.4) is 0 Å². The Morgan fingerprint density at radius 2 is 1.40 bits per heavy atom. The summed E-state index contributed by atoms with van der Waals surface area (Å²) >= 11 is 6.01. The van der Waals surface area contributed by atoms with Gasteiger partial charge in [0.05, 0.1) is 5.92 Å². The van der Waals surface area contributed by atoms with Gasteiger partial charge in [0.1, 0.15) is 0 Å². The molecule has 0 aromatic rings. The van der Waals surface area contributed by atoms with Gasteiger partial charge < -0.3 is 9.47 Å². The van der Waals surface area contributed by atoms with Gasteiger partial charge >= 0.3 is 11.4 Å². The SMILES string of the molecule is CCCCCCCCCCCCC(C)C1(Cl)OC(=O)O1. The molecule has 1 atom stereocenters. The van der Waals surface area contributed by atoms with Crippen molar-refractivity contribution >= 4 is 17.8 Å². The van der Waals surface area contributed by atoms with Crippen molar-refractivity contribution in [2.24, 2.45) is 5.92 Å². The molecule has 1 aliphatic rings. The van der Waals surface area contributed by atoms with E-state index in [1.165, 1.54) is 57.8 Å². The first-order valence-corrected chi connectivity index (χ1v) is 8.57. The number of alkyl halides is 1. The van der Waals surface area contributed by atoms with Gasteiger partial charge in [0.2, 0.25) is 0 Å². The molecule has 4 heteroatoms. The van der Waals surface area contributed by atoms with Crippen LogP contribution in [0.4, 0.5) is 4.79 Å². The van der Waals surface area contributed by atoms with E-state index < -0.39 is 11.4 Å². The summed E-state index contributed by atoms with van der Waals surface area (Å²) < 4.78 is 9.67. The van der Waals surface area contributed by atoms with E-state index in [2.05, 4.69) is 6.92 Å². The number of hydrogen-bond donors (Lipinski definition) is 0. The smallest absolute Gasteiger partial charge is 0.376 e. The minimum Gasteiger partial charge on any atom is -0.376 e. The Bertz CT molecular complexity index is 273. The van der Waals surface area contributed by atoms with E-state index in [-0.39, 0.29) is 5.92 Å². The predicted octanol–water partition coefficient (Wildman–Crippen LogP) is 5.99. The molecule has 0 N–H and O–H groups in total. The zero-order valence-electron chi connectivity index (χ0n) is 13.0. The van der Waals surface area contributed by atoms with Crippen LogP contribution >= 0.6 is 11.6 Å². The molecule has 1 heterocycles. The number of carbonyl (C=O) groups is 1. The van der Waals surface area contributed by atoms with E-state index in [9.17, 15) is 4.79 Å². The third-order valence-electron chi connectivity index (χ3n) is 4.02. The molecule has 3 nitrogen and oxygen atoms in total. The van der Waals surface area contributed by atoms with Crippen molar-refractivity contribution in [3.8, 4) is 0 Å². The lowest BCUT2D eigenvalue weighted by Crippen LogP contribution is -2.50. The number of ether oxygens (including phenoxy) is 2. The number of carbonyl (C=O) groups excluding carboxylic acids is 1. The van der Waals surface area contributed by atoms with E-state index in [0.717, 1.165) is 12.8 Å². The Morgan fingerprint density at radius 3 is 1.85 bits per heavy atom. The lowest BCUT2D eigenvalue weighted by molar-refractivity contribution is -0.241. The summed E-state index contributed by atoms with van der Waals surface area (Å²) in [6.45, 7) is 4.22. The first-order valence-electron chi connectivity index (χ1n) is 8.19. The molecule has 0 amide bonds. The van der Waals surface area contributed by atoms with Crippen molar-refractivity contribution in [1.29, 1.82) is 0 Å². The molecule has 0 spiro atoms. The number of hydrogen-bond acceptors (Lipinski definition) is 3. The molecule has 1 aliphatic heterocycles. The highest BCUT2D eigenvalue weighted by Crippen LogP contribution is 2.39. The van der Waals surface area contributed by atoms with Gasteiger partial charge in [-0.2, -0.15) is 0 Å². The molecule has 0 radical (unpaired) electrons. The van der Waals surface area contributed by atoms with Crippen molar-refractivity contribution in [3.05, 3.63) is 0 Å². The number of unbranched alkanes of at least 4 members (excludes halogenated alkanes) is 9. The van der Waals surface area contributed by atoms with Crippen LogP contribution in [0.25, 0.3) is 0 Å². The Balaban J connectivity index is 1.86. The monoisotopic (exact) mass is 304 g/mol. The van der Waals surface area contributed by atoms with Crippen LogP contribution in [-0.4, -0.2) is 11.4 Å². The fourth-order valence-corrected chi connectivity index (χ4v) is 2.78. The second kappa shape index (κ2) is 9.49. The summed E-state index contributed by atoms with van der Waals surface area (Å²) in [7, 11) is 0. The normalized spacial score (nSPS) is 18.1. The van der Waals surface area contributed by atoms with Crippen LogP contribution in [0.15, 0.2) is 0 Å². The predicted molar refractivity (Wildman–Crippen MR) is 81.8 cm³/mol. The highest BCUT2D eigenvalue weighted by atomic mass is 35.5. The lowest BCUT2D eigenvalue weighted by Gasteiger charge is -2.38. The molecular weight excluding hydrogens is 276 g/mol. The van der Waals surface area contributed by atoms with E-state index >= 15 is 0 Å². The summed E-state index contributed by atoms with van der Waals surface area (Å²) in [5.74, 6) is 0.0518. The second-order valence-corrected chi connectivity index (χ2v) is 6.44. The minimum absolute atomic E-state index is 0.0518. The first kappa shape index (κ1) is 17.6. The van der Waals surface area contributed by atoms with Gasteiger partial charge in [-0.1, -0.05) is 78.1 Å². The molecule has 1 saturated heterocycles. The largest absolute Gasteiger partial charge is 0.516 e. The molecule has 118 valence electrons. The van der Waals surface area contributed by atoms with Crippen LogP contribution in [-0.2, 0) is 9.47 Å². The number of rotatable bonds is 12. The standard InChI is InChI=1S/C16H29ClO3/c1-3-4-5-6-7-8-9-10-11-12-13-14(2)16(17)19-15(18)20-16/h14H,3-13H2,1-2H3. The van der Waals surface area contributed by atoms with Crippen molar-refractivity contribution in [3.63, 3.8) is 0 Å². The molecule has 0 aromatic carbocycles. The Morgan fingerprint density at radius 1 is 0.950 bits per heavy atom. The third-order valence-corrected chi connectivity index (χ3v) is 4.55. The topological polar surface area (TPSA) is 35.5 Å². The Kier molecular flexibility index (Phi) is 8.35. The van der Waals surface area contributed by atoms with Crippen LogP contribution in [0, 0.1) is 5.92 Å². The Labute approximate surface area is 128 Å². The molecule has 0 saturated carbocycles. The van der Waals surface area contributed by atoms with Gasteiger partial charge in [0.25, 0.3) is 0 Å². The first-order chi connectivity index (χ1) is 9.58. The maximum absolute atomic E-state index is 10.6. The average Bonchev–Trinajstić information content (AvgIpc) is 2.39. The highest BCUT2D eigenvalue weighted by Gasteiger charge is 2.51. The maximum Gasteiger partial charge on any atom is 0.516 e. The fraction of sp³-hybridized carbons (Fsp3) is 0.938. The third kappa shape index (κ3) is 6.34. The van der Waals surface area contributed by atoms with Crippen molar-refractivity contribution < 1.29 is 14.3 Å². The Hall–Kier alpha value is -0.440. The summed E-state index contributed by atoms with van der Waals surface area (Å²) in [5, 5.41) is -1.18. The van der Waals surface area contributed by atoms with E-state index in [1.54, 1.807) is 0 Å². The van der Waals surface area contributed by atoms with Gasteiger partial charge in [-0.25, -0.2) is 4.79 Å². The number of cyclic esters (lactones) is 2. The highest BCUT2D eigenvalue weighted by molar-refractivity contribution is 6.24. The summed E-state index contributed by atoms with van der Waals surface area (Å²) in [5.41, 5.74) is 0. The molecule has 0 bridgehead atoms. The van der Waals surface area contributed by atoms with Gasteiger partial charge in [-0.15, -0.1) is 0 Å². The molecule has 1 rings (SSSR count). The molecule has 1 unspecified atom stereocenters. The molecule has 0 aliphatic carbocycles. The van der Waals surface area contributed by atoms with Crippen LogP contribution < -0.4 is 0 Å². The van der Waals surface area contributed by atoms with Crippen LogP contribution in [0.5, 0.6) is 0 Å². The van der Waals surface area contributed by atoms with Crippen molar-refractivity contribution in [1.82, 2.24) is 0 Å². The van der Waals surface area contributed by atoms with E-state index in [1.807, 2.05) is 6.92 Å². The zero-order valence-corrected chi connectivity index (χ0v) is 13.7. The van der Waals surface area contributed by atoms with Crippen LogP contribution in [0.2, 0.25) is 0 Å². The van der Waals surface area contributed by atoms with Crippen LogP contribution in [0.1, 0.15) is 84.5 Å². The molecule has 1 fully saturated rings.